The van der Waals surface area contributed by atoms with E-state index >= 15 is 0 Å². The number of aromatic hydroxyl groups is 1. The Balaban J connectivity index is 0.000000362. The van der Waals surface area contributed by atoms with Crippen molar-refractivity contribution in [2.75, 3.05) is 20.6 Å². The molecule has 53 heavy (non-hydrogen) atoms. The summed E-state index contributed by atoms with van der Waals surface area (Å²) in [5.74, 6) is -0.852. The third-order valence-electron chi connectivity index (χ3n) is 8.35. The van der Waals surface area contributed by atoms with Gasteiger partial charge in [0.15, 0.2) is 0 Å². The van der Waals surface area contributed by atoms with Crippen LogP contribution in [0.1, 0.15) is 52.6 Å². The van der Waals surface area contributed by atoms with E-state index in [2.05, 4.69) is 66.1 Å². The van der Waals surface area contributed by atoms with Crippen LogP contribution in [0.25, 0.3) is 0 Å². The number of halogens is 1. The van der Waals surface area contributed by atoms with Crippen molar-refractivity contribution in [3.8, 4) is 11.5 Å². The van der Waals surface area contributed by atoms with Crippen LogP contribution in [-0.2, 0) is 31.9 Å². The summed E-state index contributed by atoms with van der Waals surface area (Å²) in [6, 6.07) is 19.0. The molecule has 0 saturated carbocycles. The molecule has 284 valence electrons. The Hall–Kier alpha value is -5.27. The zero-order chi connectivity index (χ0) is 39.6. The summed E-state index contributed by atoms with van der Waals surface area (Å²) in [7, 11) is 0.658. The lowest BCUT2D eigenvalue weighted by Gasteiger charge is -2.36. The van der Waals surface area contributed by atoms with E-state index < -0.39 is 38.2 Å². The molecule has 4 aromatic rings. The minimum atomic E-state index is -1.92. The molecule has 3 N–H and O–H groups in total. The van der Waals surface area contributed by atoms with Gasteiger partial charge in [-0.15, -0.1) is 11.6 Å². The van der Waals surface area contributed by atoms with E-state index in [0.29, 0.717) is 17.5 Å². The first kappa shape index (κ1) is 43.9. The highest BCUT2D eigenvalue weighted by molar-refractivity contribution is 6.74. The van der Waals surface area contributed by atoms with Crippen LogP contribution in [0.3, 0.4) is 0 Å². The normalized spacial score (nSPS) is 11.9. The second kappa shape index (κ2) is 21.3. The molecule has 2 aromatic heterocycles. The van der Waals surface area contributed by atoms with Crippen molar-refractivity contribution in [2.24, 2.45) is 0 Å². The largest absolute Gasteiger partial charge is 0.544 e. The number of carbonyl (C=O) groups is 4. The Morgan fingerprint density at radius 3 is 1.45 bits per heavy atom. The SMILES string of the molecule is CCl.COC(=O)C(Cc1ccc(O)cc1)NC(=O)c1cccnc1.COC(=O)C(Cc1ccc(O[Si](C)(C)C(C)(C)C)cc1)NC(=O)c1cccnc1. The molecular formula is C39H49ClN4O8Si. The van der Waals surface area contributed by atoms with Crippen molar-refractivity contribution in [1.82, 2.24) is 20.6 Å². The molecule has 0 saturated heterocycles. The molecule has 0 radical (unpaired) electrons. The molecule has 14 heteroatoms. The van der Waals surface area contributed by atoms with Gasteiger partial charge in [-0.2, -0.15) is 0 Å². The molecular weight excluding hydrogens is 716 g/mol. The average Bonchev–Trinajstić information content (AvgIpc) is 3.16. The molecule has 4 rings (SSSR count). The van der Waals surface area contributed by atoms with Gasteiger partial charge < -0.3 is 29.6 Å². The average molecular weight is 765 g/mol. The number of nitrogens with one attached hydrogen (secondary N) is 2. The standard InChI is InChI=1S/C22H30N2O4Si.C16H16N2O4.CH3Cl/c1-22(2,3)29(5,6)28-18-11-9-16(10-12-18)14-19(21(26)27-4)24-20(25)17-8-7-13-23-15-17;1-22-16(21)14(9-11-4-6-13(19)7-5-11)18-15(20)12-3-2-8-17-10-12;1-2/h7-13,15,19H,14H2,1-6H3,(H,24,25);2-8,10,14,19H,9H2,1H3,(H,18,20);1H3. The first-order valence-corrected chi connectivity index (χ1v) is 20.3. The number of hydrogen-bond donors (Lipinski definition) is 3. The summed E-state index contributed by atoms with van der Waals surface area (Å²) in [5, 5.41) is 14.7. The number of phenols is 1. The third-order valence-corrected chi connectivity index (χ3v) is 12.7. The van der Waals surface area contributed by atoms with Gasteiger partial charge in [0, 0.05) is 44.0 Å². The molecule has 2 unspecified atom stereocenters. The van der Waals surface area contributed by atoms with Gasteiger partial charge in [-0.1, -0.05) is 45.0 Å². The van der Waals surface area contributed by atoms with Crippen LogP contribution in [-0.4, -0.2) is 79.8 Å². The number of aromatic nitrogens is 2. The van der Waals surface area contributed by atoms with Crippen molar-refractivity contribution in [1.29, 1.82) is 0 Å². The van der Waals surface area contributed by atoms with Crippen LogP contribution in [0, 0.1) is 0 Å². The van der Waals surface area contributed by atoms with Crippen molar-refractivity contribution >= 4 is 43.7 Å². The summed E-state index contributed by atoms with van der Waals surface area (Å²) >= 11 is 4.64. The fraction of sp³-hybridized carbons (Fsp3) is 0.333. The number of alkyl halides is 1. The van der Waals surface area contributed by atoms with Crippen molar-refractivity contribution in [3.05, 3.63) is 120 Å². The Morgan fingerprint density at radius 2 is 1.11 bits per heavy atom. The van der Waals surface area contributed by atoms with Crippen molar-refractivity contribution in [3.63, 3.8) is 0 Å². The van der Waals surface area contributed by atoms with Crippen LogP contribution in [0.15, 0.2) is 97.6 Å². The third kappa shape index (κ3) is 14.3. The highest BCUT2D eigenvalue weighted by Crippen LogP contribution is 2.37. The van der Waals surface area contributed by atoms with E-state index in [1.54, 1.807) is 48.8 Å². The molecule has 0 bridgehead atoms. The number of amides is 2. The molecule has 2 aromatic carbocycles. The van der Waals surface area contributed by atoms with Crippen molar-refractivity contribution < 1.29 is 38.2 Å². The van der Waals surface area contributed by atoms with Gasteiger partial charge in [0.1, 0.15) is 23.6 Å². The van der Waals surface area contributed by atoms with Crippen molar-refractivity contribution in [2.45, 2.75) is 63.8 Å². The molecule has 2 heterocycles. The Labute approximate surface area is 317 Å². The number of esters is 2. The number of ether oxygens (including phenoxy) is 2. The zero-order valence-corrected chi connectivity index (χ0v) is 33.1. The van der Waals surface area contributed by atoms with Gasteiger partial charge >= 0.3 is 11.9 Å². The number of methoxy groups -OCH3 is 2. The monoisotopic (exact) mass is 764 g/mol. The van der Waals surface area contributed by atoms with E-state index in [9.17, 15) is 24.3 Å². The second-order valence-corrected chi connectivity index (χ2v) is 17.9. The van der Waals surface area contributed by atoms with Gasteiger partial charge in [0.25, 0.3) is 11.8 Å². The predicted octanol–water partition coefficient (Wildman–Crippen LogP) is 6.14. The lowest BCUT2D eigenvalue weighted by molar-refractivity contribution is -0.143. The van der Waals surface area contributed by atoms with Gasteiger partial charge in [-0.3, -0.25) is 19.6 Å². The number of nitrogens with zero attached hydrogens (tertiary/aromatic N) is 2. The van der Waals surface area contributed by atoms with Crippen LogP contribution in [0.5, 0.6) is 11.5 Å². The van der Waals surface area contributed by atoms with Crippen LogP contribution in [0.2, 0.25) is 18.1 Å². The maximum Gasteiger partial charge on any atom is 0.328 e. The van der Waals surface area contributed by atoms with Crippen LogP contribution >= 0.6 is 11.6 Å². The fourth-order valence-corrected chi connectivity index (χ4v) is 5.42. The van der Waals surface area contributed by atoms with E-state index in [-0.39, 0.29) is 23.1 Å². The highest BCUT2D eigenvalue weighted by atomic mass is 35.5. The minimum Gasteiger partial charge on any atom is -0.544 e. The maximum absolute atomic E-state index is 12.4. The Morgan fingerprint density at radius 1 is 0.717 bits per heavy atom. The minimum absolute atomic E-state index is 0.109. The predicted molar refractivity (Wildman–Crippen MR) is 207 cm³/mol. The van der Waals surface area contributed by atoms with E-state index in [4.69, 9.17) is 13.9 Å². The summed E-state index contributed by atoms with van der Waals surface area (Å²) in [6.07, 6.45) is 8.08. The van der Waals surface area contributed by atoms with Gasteiger partial charge in [-0.25, -0.2) is 9.59 Å². The first-order chi connectivity index (χ1) is 25.1. The molecule has 2 atom stereocenters. The first-order valence-electron chi connectivity index (χ1n) is 16.6. The van der Waals surface area contributed by atoms with Crippen LogP contribution < -0.4 is 15.1 Å². The van der Waals surface area contributed by atoms with Gasteiger partial charge in [-0.05, 0) is 77.8 Å². The number of pyridine rings is 2. The molecule has 0 aliphatic carbocycles. The Kier molecular flexibility index (Phi) is 17.6. The lowest BCUT2D eigenvalue weighted by Crippen LogP contribution is -2.44. The smallest absolute Gasteiger partial charge is 0.328 e. The van der Waals surface area contributed by atoms with Crippen LogP contribution in [0.4, 0.5) is 0 Å². The molecule has 2 amide bonds. The van der Waals surface area contributed by atoms with Gasteiger partial charge in [0.05, 0.1) is 25.3 Å². The summed E-state index contributed by atoms with van der Waals surface area (Å²) in [5.41, 5.74) is 2.44. The van der Waals surface area contributed by atoms with Gasteiger partial charge in [0.2, 0.25) is 8.32 Å². The van der Waals surface area contributed by atoms with E-state index in [1.165, 1.54) is 45.1 Å². The van der Waals surface area contributed by atoms with E-state index in [0.717, 1.165) is 16.9 Å². The summed E-state index contributed by atoms with van der Waals surface area (Å²) in [4.78, 5) is 56.3. The fourth-order valence-electron chi connectivity index (χ4n) is 4.39. The zero-order valence-electron chi connectivity index (χ0n) is 31.4. The maximum atomic E-state index is 12.4. The quantitative estimate of drug-likeness (QED) is 0.0867. The highest BCUT2D eigenvalue weighted by Gasteiger charge is 2.39. The summed E-state index contributed by atoms with van der Waals surface area (Å²) < 4.78 is 15.9. The number of phenolic OH excluding ortho intramolecular Hbond substituents is 1. The number of benzene rings is 2. The van der Waals surface area contributed by atoms with E-state index in [1.807, 2.05) is 24.3 Å². The number of hydrogen-bond acceptors (Lipinski definition) is 10. The summed E-state index contributed by atoms with van der Waals surface area (Å²) in [6.45, 7) is 11.0. The number of carbonyl (C=O) groups excluding carboxylic acids is 4. The molecule has 12 nitrogen and oxygen atoms in total. The molecule has 0 fully saturated rings. The molecule has 0 aliphatic rings. The molecule has 0 spiro atoms. The number of rotatable bonds is 12. The topological polar surface area (TPSA) is 166 Å². The lowest BCUT2D eigenvalue weighted by atomic mass is 10.1. The molecule has 0 aliphatic heterocycles. The Bertz CT molecular complexity index is 1740. The second-order valence-electron chi connectivity index (χ2n) is 13.2.